The largest absolute Gasteiger partial charge is 0.461 e. The van der Waals surface area contributed by atoms with Gasteiger partial charge in [-0.05, 0) is 37.6 Å². The molecule has 0 aliphatic carbocycles. The molecule has 0 radical (unpaired) electrons. The molecule has 2 aromatic heterocycles. The monoisotopic (exact) mass is 690 g/mol. The van der Waals surface area contributed by atoms with Crippen molar-refractivity contribution in [1.29, 1.82) is 0 Å². The third-order valence-corrected chi connectivity index (χ3v) is 9.82. The highest BCUT2D eigenvalue weighted by molar-refractivity contribution is 5.93. The van der Waals surface area contributed by atoms with Crippen molar-refractivity contribution in [2.75, 3.05) is 51.0 Å². The van der Waals surface area contributed by atoms with Crippen molar-refractivity contribution in [3.63, 3.8) is 0 Å². The van der Waals surface area contributed by atoms with Gasteiger partial charge in [-0.3, -0.25) is 14.5 Å². The van der Waals surface area contributed by atoms with Crippen LogP contribution in [0.25, 0.3) is 0 Å². The maximum atomic E-state index is 15.3. The predicted octanol–water partition coefficient (Wildman–Crippen LogP) is 3.93. The van der Waals surface area contributed by atoms with Crippen LogP contribution in [0.1, 0.15) is 75.1 Å². The Morgan fingerprint density at radius 2 is 2.02 bits per heavy atom. The van der Waals surface area contributed by atoms with E-state index in [2.05, 4.69) is 15.0 Å². The maximum Gasteiger partial charge on any atom is 0.416 e. The number of nitrogen functional groups attached to an aromatic ring is 1. The van der Waals surface area contributed by atoms with E-state index in [1.807, 2.05) is 0 Å². The number of fused-ring (bicyclic) bond motifs is 3. The van der Waals surface area contributed by atoms with Gasteiger partial charge in [0.1, 0.15) is 18.6 Å². The molecule has 0 bridgehead atoms. The lowest BCUT2D eigenvalue weighted by molar-refractivity contribution is -0.140. The molecule has 0 spiro atoms. The van der Waals surface area contributed by atoms with Crippen molar-refractivity contribution in [2.45, 2.75) is 69.2 Å². The van der Waals surface area contributed by atoms with Crippen molar-refractivity contribution in [3.05, 3.63) is 57.8 Å². The number of hydrogen-bond acceptors (Lipinski definition) is 10. The smallest absolute Gasteiger partial charge is 0.416 e. The molecule has 2 N–H and O–H groups in total. The van der Waals surface area contributed by atoms with Crippen LogP contribution in [-0.4, -0.2) is 93.4 Å². The molecule has 3 atom stereocenters. The van der Waals surface area contributed by atoms with Crippen LogP contribution >= 0.6 is 0 Å². The lowest BCUT2D eigenvalue weighted by atomic mass is 9.94. The summed E-state index contributed by atoms with van der Waals surface area (Å²) in [5.41, 5.74) is 3.99. The van der Waals surface area contributed by atoms with Crippen LogP contribution in [0.2, 0.25) is 0 Å². The van der Waals surface area contributed by atoms with Crippen molar-refractivity contribution in [1.82, 2.24) is 29.5 Å². The molecule has 7 rings (SSSR count). The summed E-state index contributed by atoms with van der Waals surface area (Å²) in [7, 11) is 3.14. The number of benzene rings is 1. The van der Waals surface area contributed by atoms with E-state index in [-0.39, 0.29) is 68.4 Å². The van der Waals surface area contributed by atoms with Crippen molar-refractivity contribution < 1.29 is 41.0 Å². The number of alkyl halides is 4. The first-order valence-electron chi connectivity index (χ1n) is 16.0. The number of nitrogens with zero attached hydrogens (tertiary/aromatic N) is 7. The molecule has 0 unspecified atom stereocenters. The fourth-order valence-corrected chi connectivity index (χ4v) is 7.43. The summed E-state index contributed by atoms with van der Waals surface area (Å²) in [6.07, 6.45) is -5.63. The summed E-state index contributed by atoms with van der Waals surface area (Å²) in [5, 5.41) is 4.24. The zero-order valence-electron chi connectivity index (χ0n) is 26.9. The van der Waals surface area contributed by atoms with Gasteiger partial charge in [-0.2, -0.15) is 28.2 Å². The third-order valence-electron chi connectivity index (χ3n) is 9.82. The van der Waals surface area contributed by atoms with E-state index < -0.39 is 46.6 Å². The quantitative estimate of drug-likeness (QED) is 0.300. The molecule has 49 heavy (non-hydrogen) atoms. The van der Waals surface area contributed by atoms with Gasteiger partial charge in [-0.1, -0.05) is 0 Å². The van der Waals surface area contributed by atoms with Crippen LogP contribution < -0.4 is 15.4 Å². The second kappa shape index (κ2) is 12.2. The van der Waals surface area contributed by atoms with Crippen LogP contribution in [0.3, 0.4) is 0 Å². The number of rotatable bonds is 6. The minimum Gasteiger partial charge on any atom is -0.461 e. The molecule has 6 heterocycles. The number of hydrogen-bond donors (Lipinski definition) is 1. The lowest BCUT2D eigenvalue weighted by Crippen LogP contribution is -2.43. The second-order valence-corrected chi connectivity index (χ2v) is 13.2. The topological polar surface area (TPSA) is 132 Å². The molecule has 0 saturated carbocycles. The molecular formula is C32H35F5N8O4. The molecule has 2 saturated heterocycles. The number of aromatic nitrogens is 4. The Kier molecular flexibility index (Phi) is 8.24. The van der Waals surface area contributed by atoms with Gasteiger partial charge in [0.25, 0.3) is 5.91 Å². The van der Waals surface area contributed by atoms with Gasteiger partial charge < -0.3 is 25.0 Å². The van der Waals surface area contributed by atoms with Gasteiger partial charge in [-0.15, -0.1) is 0 Å². The lowest BCUT2D eigenvalue weighted by Gasteiger charge is -2.33. The Bertz CT molecular complexity index is 1820. The summed E-state index contributed by atoms with van der Waals surface area (Å²) < 4.78 is 85.2. The Morgan fingerprint density at radius 1 is 1.22 bits per heavy atom. The van der Waals surface area contributed by atoms with E-state index in [0.717, 1.165) is 31.5 Å². The molecule has 1 aromatic carbocycles. The number of carbonyl (C=O) groups excluding carboxylic acids is 2. The fraction of sp³-hybridized carbons (Fsp3) is 0.531. The Hall–Kier alpha value is -4.38. The summed E-state index contributed by atoms with van der Waals surface area (Å²) in [5.74, 6) is -1.64. The highest BCUT2D eigenvalue weighted by Gasteiger charge is 2.49. The van der Waals surface area contributed by atoms with E-state index in [4.69, 9.17) is 20.2 Å². The fourth-order valence-electron chi connectivity index (χ4n) is 7.43. The van der Waals surface area contributed by atoms with E-state index in [1.165, 1.54) is 15.6 Å². The molecule has 17 heteroatoms. The zero-order chi connectivity index (χ0) is 34.8. The summed E-state index contributed by atoms with van der Waals surface area (Å²) in [6, 6.07) is 3.03. The summed E-state index contributed by atoms with van der Waals surface area (Å²) in [6.45, 7) is 1.12. The van der Waals surface area contributed by atoms with Crippen LogP contribution in [0.5, 0.6) is 6.01 Å². The molecule has 3 aromatic rings. The van der Waals surface area contributed by atoms with Gasteiger partial charge in [0.05, 0.1) is 47.4 Å². The minimum absolute atomic E-state index is 0.00211. The highest BCUT2D eigenvalue weighted by atomic mass is 19.4. The maximum absolute atomic E-state index is 15.3. The Morgan fingerprint density at radius 3 is 2.78 bits per heavy atom. The number of nitrogens with two attached hydrogens (primary N) is 1. The summed E-state index contributed by atoms with van der Waals surface area (Å²) >= 11 is 0. The molecule has 12 nitrogen and oxygen atoms in total. The SMILES string of the molecule is CN(C)C(=O)c1cc2n(n1)C(=O)CCN(c1nc(OC[C@@]34CCCN3C[C@H](F)C4)nc3c1CO[C@H](c1c(C(F)(F)F)ccc(N)c1F)C3)C2. The van der Waals surface area contributed by atoms with Gasteiger partial charge in [0.15, 0.2) is 11.5 Å². The van der Waals surface area contributed by atoms with E-state index in [1.54, 1.807) is 19.0 Å². The van der Waals surface area contributed by atoms with Crippen LogP contribution in [-0.2, 0) is 30.5 Å². The van der Waals surface area contributed by atoms with Crippen LogP contribution in [0, 0.1) is 5.82 Å². The average molecular weight is 691 g/mol. The molecular weight excluding hydrogens is 655 g/mol. The minimum atomic E-state index is -4.88. The van der Waals surface area contributed by atoms with E-state index in [0.29, 0.717) is 30.0 Å². The zero-order valence-corrected chi connectivity index (χ0v) is 26.9. The Balaban J connectivity index is 1.27. The van der Waals surface area contributed by atoms with Crippen LogP contribution in [0.4, 0.5) is 33.5 Å². The predicted molar refractivity (Wildman–Crippen MR) is 164 cm³/mol. The van der Waals surface area contributed by atoms with Gasteiger partial charge in [0, 0.05) is 57.6 Å². The van der Waals surface area contributed by atoms with Crippen molar-refractivity contribution >= 4 is 23.3 Å². The first-order chi connectivity index (χ1) is 23.2. The van der Waals surface area contributed by atoms with E-state index in [9.17, 15) is 27.2 Å². The first kappa shape index (κ1) is 33.1. The molecule has 262 valence electrons. The number of anilines is 2. The van der Waals surface area contributed by atoms with Crippen molar-refractivity contribution in [3.8, 4) is 6.01 Å². The molecule has 4 aliphatic heterocycles. The van der Waals surface area contributed by atoms with Gasteiger partial charge in [-0.25, -0.2) is 13.5 Å². The number of amides is 1. The molecule has 4 aliphatic rings. The number of carbonyl (C=O) groups is 2. The third kappa shape index (κ3) is 5.96. The number of ether oxygens (including phenoxy) is 2. The van der Waals surface area contributed by atoms with Gasteiger partial charge in [0.2, 0.25) is 5.91 Å². The summed E-state index contributed by atoms with van der Waals surface area (Å²) in [4.78, 5) is 40.2. The van der Waals surface area contributed by atoms with Crippen LogP contribution in [0.15, 0.2) is 18.2 Å². The average Bonchev–Trinajstić information content (AvgIpc) is 3.70. The Labute approximate surface area is 277 Å². The molecule has 2 fully saturated rings. The second-order valence-electron chi connectivity index (χ2n) is 13.2. The normalized spacial score (nSPS) is 24.0. The van der Waals surface area contributed by atoms with Gasteiger partial charge >= 0.3 is 12.2 Å². The van der Waals surface area contributed by atoms with Crippen molar-refractivity contribution in [2.24, 2.45) is 0 Å². The molecule has 1 amide bonds. The standard InChI is InChI=1S/C32H35F5N8O4/c1-42(2)29(47)23-10-18-14-43(9-6-25(46)45(18)41-23)28-19-15-48-24(26-20(32(35,36)37)4-5-21(38)27(26)34)11-22(19)39-30(40-28)49-16-31-7-3-8-44(31)13-17(33)12-31/h4-5,10,17,24H,3,6-9,11-16,38H2,1-2H3/t17-,24+,31+/m1/s1. The first-order valence-corrected chi connectivity index (χ1v) is 16.0. The number of halogens is 5. The highest BCUT2D eigenvalue weighted by Crippen LogP contribution is 2.44. The van der Waals surface area contributed by atoms with E-state index >= 15 is 4.39 Å².